The number of aromatic nitrogens is 4. The molecule has 1 aromatic carbocycles. The van der Waals surface area contributed by atoms with Gasteiger partial charge in [-0.1, -0.05) is 12.1 Å². The first-order chi connectivity index (χ1) is 15.6. The molecule has 0 aliphatic carbocycles. The second-order valence-corrected chi connectivity index (χ2v) is 6.95. The maximum atomic E-state index is 12.2. The maximum Gasteiger partial charge on any atom is 0.329 e. The molecular weight excluding hydrogens is 410 g/mol. The van der Waals surface area contributed by atoms with E-state index in [1.54, 1.807) is 48.7 Å². The van der Waals surface area contributed by atoms with E-state index in [4.69, 9.17) is 4.74 Å². The topological polar surface area (TPSA) is 122 Å². The number of carbonyl (C=O) groups is 1. The van der Waals surface area contributed by atoms with E-state index in [9.17, 15) is 14.4 Å². The number of rotatable bonds is 8. The molecule has 3 aromatic heterocycles. The molecule has 0 saturated heterocycles. The Hall–Kier alpha value is -4.40. The summed E-state index contributed by atoms with van der Waals surface area (Å²) in [5, 5.41) is 2.75. The van der Waals surface area contributed by atoms with Crippen LogP contribution in [0.3, 0.4) is 0 Å². The molecule has 0 aliphatic rings. The molecule has 0 aliphatic heterocycles. The fourth-order valence-corrected chi connectivity index (χ4v) is 3.28. The van der Waals surface area contributed by atoms with E-state index >= 15 is 0 Å². The van der Waals surface area contributed by atoms with Crippen LogP contribution in [0.1, 0.15) is 10.5 Å². The van der Waals surface area contributed by atoms with Crippen molar-refractivity contribution in [2.75, 3.05) is 13.2 Å². The lowest BCUT2D eigenvalue weighted by molar-refractivity contribution is 0.0942. The smallest absolute Gasteiger partial charge is 0.329 e. The molecule has 0 fully saturated rings. The summed E-state index contributed by atoms with van der Waals surface area (Å²) >= 11 is 0. The van der Waals surface area contributed by atoms with Crippen LogP contribution in [0.4, 0.5) is 0 Å². The summed E-state index contributed by atoms with van der Waals surface area (Å²) in [6.07, 6.45) is 3.16. The highest BCUT2D eigenvalue weighted by Gasteiger charge is 2.12. The van der Waals surface area contributed by atoms with Crippen LogP contribution in [0.5, 0.6) is 5.75 Å². The Morgan fingerprint density at radius 3 is 2.69 bits per heavy atom. The van der Waals surface area contributed by atoms with Gasteiger partial charge in [0, 0.05) is 18.4 Å². The van der Waals surface area contributed by atoms with Gasteiger partial charge in [-0.15, -0.1) is 6.58 Å². The zero-order valence-corrected chi connectivity index (χ0v) is 17.1. The maximum absolute atomic E-state index is 12.2. The van der Waals surface area contributed by atoms with Crippen molar-refractivity contribution < 1.29 is 9.53 Å². The van der Waals surface area contributed by atoms with Crippen molar-refractivity contribution in [3.8, 4) is 17.0 Å². The molecule has 0 saturated carbocycles. The number of allylic oxidation sites excluding steroid dienone is 1. The average Bonchev–Trinajstić information content (AvgIpc) is 3.26. The minimum absolute atomic E-state index is 0.256. The predicted octanol–water partition coefficient (Wildman–Crippen LogP) is 2.07. The lowest BCUT2D eigenvalue weighted by Gasteiger charge is -2.08. The molecule has 32 heavy (non-hydrogen) atoms. The number of ether oxygens (including phenoxy) is 1. The lowest BCUT2D eigenvalue weighted by atomic mass is 10.1. The van der Waals surface area contributed by atoms with Crippen molar-refractivity contribution in [3.63, 3.8) is 0 Å². The standard InChI is InChI=1S/C23H21N5O4/c1-2-12-28-19-14-18(26-20(19)22(30)27-23(28)31)15-6-8-16(9-7-15)32-13-11-25-21(29)17-5-3-4-10-24-17/h2-10,14,26H,1,11-13H2,(H,25,29)(H,27,30,31). The zero-order valence-electron chi connectivity index (χ0n) is 17.1. The molecule has 0 radical (unpaired) electrons. The zero-order chi connectivity index (χ0) is 22.5. The van der Waals surface area contributed by atoms with Crippen molar-refractivity contribution in [1.29, 1.82) is 0 Å². The van der Waals surface area contributed by atoms with Gasteiger partial charge in [0.05, 0.1) is 12.1 Å². The molecular formula is C23H21N5O4. The number of benzene rings is 1. The number of hydrogen-bond donors (Lipinski definition) is 3. The lowest BCUT2D eigenvalue weighted by Crippen LogP contribution is -2.29. The number of H-pyrrole nitrogens is 2. The second kappa shape index (κ2) is 9.17. The van der Waals surface area contributed by atoms with Gasteiger partial charge in [0.2, 0.25) is 0 Å². The van der Waals surface area contributed by atoms with Crippen molar-refractivity contribution in [2.24, 2.45) is 0 Å². The Labute approximate surface area is 182 Å². The molecule has 4 rings (SSSR count). The summed E-state index contributed by atoms with van der Waals surface area (Å²) < 4.78 is 7.12. The number of fused-ring (bicyclic) bond motifs is 1. The van der Waals surface area contributed by atoms with E-state index < -0.39 is 11.2 Å². The summed E-state index contributed by atoms with van der Waals surface area (Å²) in [7, 11) is 0. The van der Waals surface area contributed by atoms with Gasteiger partial charge in [0.15, 0.2) is 0 Å². The summed E-state index contributed by atoms with van der Waals surface area (Å²) in [6.45, 7) is 4.57. The van der Waals surface area contributed by atoms with Gasteiger partial charge in [0.25, 0.3) is 11.5 Å². The molecule has 3 N–H and O–H groups in total. The number of pyridine rings is 1. The number of aromatic amines is 2. The van der Waals surface area contributed by atoms with Crippen molar-refractivity contribution >= 4 is 16.9 Å². The first kappa shape index (κ1) is 20.9. The van der Waals surface area contributed by atoms with Crippen LogP contribution in [0.15, 0.2) is 77.0 Å². The second-order valence-electron chi connectivity index (χ2n) is 6.95. The van der Waals surface area contributed by atoms with Gasteiger partial charge in [-0.2, -0.15) is 0 Å². The highest BCUT2D eigenvalue weighted by atomic mass is 16.5. The number of hydrogen-bond acceptors (Lipinski definition) is 5. The van der Waals surface area contributed by atoms with E-state index in [1.807, 2.05) is 12.1 Å². The highest BCUT2D eigenvalue weighted by molar-refractivity contribution is 5.92. The SMILES string of the molecule is C=CCn1c(=O)[nH]c(=O)c2[nH]c(-c3ccc(OCCNC(=O)c4ccccn4)cc3)cc21. The van der Waals surface area contributed by atoms with Crippen LogP contribution in [0.25, 0.3) is 22.3 Å². The van der Waals surface area contributed by atoms with Crippen LogP contribution < -0.4 is 21.3 Å². The van der Waals surface area contributed by atoms with E-state index in [0.717, 1.165) is 5.56 Å². The molecule has 1 amide bonds. The van der Waals surface area contributed by atoms with Gasteiger partial charge >= 0.3 is 5.69 Å². The number of amides is 1. The van der Waals surface area contributed by atoms with Gasteiger partial charge in [-0.25, -0.2) is 4.79 Å². The third kappa shape index (κ3) is 4.36. The van der Waals surface area contributed by atoms with E-state index in [-0.39, 0.29) is 12.5 Å². The molecule has 9 nitrogen and oxygen atoms in total. The molecule has 9 heteroatoms. The summed E-state index contributed by atoms with van der Waals surface area (Å²) in [6, 6.07) is 14.2. The van der Waals surface area contributed by atoms with Crippen LogP contribution in [0.2, 0.25) is 0 Å². The monoisotopic (exact) mass is 431 g/mol. The third-order valence-corrected chi connectivity index (χ3v) is 4.81. The molecule has 162 valence electrons. The minimum Gasteiger partial charge on any atom is -0.492 e. The fourth-order valence-electron chi connectivity index (χ4n) is 3.28. The Balaban J connectivity index is 1.42. The fraction of sp³-hybridized carbons (Fsp3) is 0.130. The van der Waals surface area contributed by atoms with Gasteiger partial charge in [-0.3, -0.25) is 24.1 Å². The Kier molecular flexibility index (Phi) is 5.98. The number of nitrogens with zero attached hydrogens (tertiary/aromatic N) is 2. The normalized spacial score (nSPS) is 10.8. The van der Waals surface area contributed by atoms with Crippen molar-refractivity contribution in [2.45, 2.75) is 6.54 Å². The number of nitrogens with one attached hydrogen (secondary N) is 3. The predicted molar refractivity (Wildman–Crippen MR) is 121 cm³/mol. The molecule has 0 spiro atoms. The molecule has 0 atom stereocenters. The molecule has 4 aromatic rings. The first-order valence-corrected chi connectivity index (χ1v) is 9.96. The Morgan fingerprint density at radius 1 is 1.16 bits per heavy atom. The molecule has 3 heterocycles. The van der Waals surface area contributed by atoms with E-state index in [0.29, 0.717) is 41.3 Å². The molecule has 0 unspecified atom stereocenters. The van der Waals surface area contributed by atoms with E-state index in [1.165, 1.54) is 4.57 Å². The Bertz CT molecular complexity index is 1370. The largest absolute Gasteiger partial charge is 0.492 e. The quantitative estimate of drug-likeness (QED) is 0.291. The summed E-state index contributed by atoms with van der Waals surface area (Å²) in [4.78, 5) is 45.6. The summed E-state index contributed by atoms with van der Waals surface area (Å²) in [5.41, 5.74) is 1.77. The number of carbonyl (C=O) groups excluding carboxylic acids is 1. The van der Waals surface area contributed by atoms with E-state index in [2.05, 4.69) is 26.8 Å². The van der Waals surface area contributed by atoms with Crippen molar-refractivity contribution in [1.82, 2.24) is 24.8 Å². The van der Waals surface area contributed by atoms with Crippen LogP contribution in [0, 0.1) is 0 Å². The Morgan fingerprint density at radius 2 is 1.97 bits per heavy atom. The summed E-state index contributed by atoms with van der Waals surface area (Å²) in [5.74, 6) is 0.381. The highest BCUT2D eigenvalue weighted by Crippen LogP contribution is 2.24. The van der Waals surface area contributed by atoms with Gasteiger partial charge in [-0.05, 0) is 48.0 Å². The van der Waals surface area contributed by atoms with Crippen LogP contribution >= 0.6 is 0 Å². The minimum atomic E-state index is -0.480. The van der Waals surface area contributed by atoms with Crippen LogP contribution in [-0.4, -0.2) is 38.6 Å². The molecule has 0 bridgehead atoms. The first-order valence-electron chi connectivity index (χ1n) is 9.96. The van der Waals surface area contributed by atoms with Crippen molar-refractivity contribution in [3.05, 3.63) is 93.9 Å². The average molecular weight is 431 g/mol. The van der Waals surface area contributed by atoms with Gasteiger partial charge in [0.1, 0.15) is 23.6 Å². The van der Waals surface area contributed by atoms with Crippen LogP contribution in [-0.2, 0) is 6.54 Å². The third-order valence-electron chi connectivity index (χ3n) is 4.81. The van der Waals surface area contributed by atoms with Gasteiger partial charge < -0.3 is 15.0 Å².